The number of nitrogens with one attached hydrogen (secondary N) is 1. The van der Waals surface area contributed by atoms with Gasteiger partial charge in [0.1, 0.15) is 0 Å². The summed E-state index contributed by atoms with van der Waals surface area (Å²) in [6, 6.07) is 15.0. The van der Waals surface area contributed by atoms with Gasteiger partial charge in [-0.3, -0.25) is 9.59 Å². The summed E-state index contributed by atoms with van der Waals surface area (Å²) in [6.45, 7) is 1.73. The molecule has 2 aromatic carbocycles. The minimum atomic E-state index is -0.404. The van der Waals surface area contributed by atoms with Crippen molar-refractivity contribution in [3.63, 3.8) is 0 Å². The van der Waals surface area contributed by atoms with Crippen LogP contribution in [0.1, 0.15) is 18.9 Å². The molecule has 0 unspecified atom stereocenters. The minimum absolute atomic E-state index is 0.217. The molecule has 0 aliphatic heterocycles. The van der Waals surface area contributed by atoms with E-state index >= 15 is 0 Å². The van der Waals surface area contributed by atoms with Gasteiger partial charge in [-0.1, -0.05) is 48.9 Å². The summed E-state index contributed by atoms with van der Waals surface area (Å²) >= 11 is 7.54. The van der Waals surface area contributed by atoms with Gasteiger partial charge in [-0.05, 0) is 30.2 Å². The van der Waals surface area contributed by atoms with Crippen LogP contribution in [-0.2, 0) is 20.7 Å². The van der Waals surface area contributed by atoms with E-state index in [-0.39, 0.29) is 18.9 Å². The average molecular weight is 378 g/mol. The number of carbonyl (C=O) groups is 2. The van der Waals surface area contributed by atoms with Crippen LogP contribution in [0, 0.1) is 0 Å². The summed E-state index contributed by atoms with van der Waals surface area (Å²) in [5.41, 5.74) is 1.79. The van der Waals surface area contributed by atoms with Crippen molar-refractivity contribution in [2.24, 2.45) is 0 Å². The van der Waals surface area contributed by atoms with Crippen LogP contribution < -0.4 is 5.32 Å². The van der Waals surface area contributed by atoms with Crippen molar-refractivity contribution < 1.29 is 14.3 Å². The molecule has 1 N–H and O–H groups in total. The second kappa shape index (κ2) is 10.1. The largest absolute Gasteiger partial charge is 0.456 e. The highest BCUT2D eigenvalue weighted by Crippen LogP contribution is 2.26. The number of hydrogen-bond acceptors (Lipinski definition) is 4. The third-order valence-electron chi connectivity index (χ3n) is 3.44. The number of benzene rings is 2. The first-order chi connectivity index (χ1) is 12.1. The zero-order chi connectivity index (χ0) is 18.1. The normalized spacial score (nSPS) is 10.3. The first-order valence-electron chi connectivity index (χ1n) is 8.01. The fourth-order valence-electron chi connectivity index (χ4n) is 2.16. The fourth-order valence-corrected chi connectivity index (χ4v) is 3.33. The van der Waals surface area contributed by atoms with Crippen LogP contribution in [0.25, 0.3) is 0 Å². The average Bonchev–Trinajstić information content (AvgIpc) is 2.62. The third kappa shape index (κ3) is 6.44. The molecule has 2 rings (SSSR count). The maximum atomic E-state index is 11.9. The highest BCUT2D eigenvalue weighted by molar-refractivity contribution is 7.99. The number of aryl methyl sites for hydroxylation is 1. The van der Waals surface area contributed by atoms with Gasteiger partial charge >= 0.3 is 5.97 Å². The van der Waals surface area contributed by atoms with Crippen molar-refractivity contribution in [3.05, 3.63) is 59.1 Å². The van der Waals surface area contributed by atoms with E-state index in [4.69, 9.17) is 16.3 Å². The Hall–Kier alpha value is -1.98. The number of ether oxygens (including phenoxy) is 1. The lowest BCUT2D eigenvalue weighted by molar-refractivity contribution is -0.146. The molecule has 25 heavy (non-hydrogen) atoms. The number of hydrogen-bond donors (Lipinski definition) is 1. The number of esters is 1. The van der Waals surface area contributed by atoms with Gasteiger partial charge in [0.2, 0.25) is 0 Å². The molecule has 132 valence electrons. The summed E-state index contributed by atoms with van der Waals surface area (Å²) in [5.74, 6) is -0.199. The summed E-state index contributed by atoms with van der Waals surface area (Å²) < 4.78 is 5.02. The molecule has 0 atom stereocenters. The van der Waals surface area contributed by atoms with Gasteiger partial charge in [0.15, 0.2) is 6.61 Å². The number of halogens is 1. The van der Waals surface area contributed by atoms with Crippen LogP contribution in [0.3, 0.4) is 0 Å². The molecule has 4 nitrogen and oxygen atoms in total. The molecule has 0 spiro atoms. The monoisotopic (exact) mass is 377 g/mol. The van der Waals surface area contributed by atoms with E-state index in [1.165, 1.54) is 11.8 Å². The molecule has 2 aromatic rings. The van der Waals surface area contributed by atoms with Crippen LogP contribution in [0.5, 0.6) is 0 Å². The molecule has 0 saturated carbocycles. The zero-order valence-corrected chi connectivity index (χ0v) is 15.5. The second-order valence-electron chi connectivity index (χ2n) is 5.25. The van der Waals surface area contributed by atoms with Crippen molar-refractivity contribution in [1.29, 1.82) is 0 Å². The van der Waals surface area contributed by atoms with Crippen molar-refractivity contribution in [1.82, 2.24) is 0 Å². The number of thioether (sulfide) groups is 1. The Kier molecular flexibility index (Phi) is 7.82. The van der Waals surface area contributed by atoms with Crippen molar-refractivity contribution >= 4 is 40.9 Å². The van der Waals surface area contributed by atoms with E-state index in [0.717, 1.165) is 22.6 Å². The van der Waals surface area contributed by atoms with Gasteiger partial charge in [-0.2, -0.15) is 0 Å². The van der Waals surface area contributed by atoms with E-state index in [0.29, 0.717) is 10.8 Å². The Morgan fingerprint density at radius 1 is 1.12 bits per heavy atom. The standard InChI is InChI=1S/C19H20ClNO3S/c1-2-14-7-3-5-9-16(14)21-18(22)13-24-19(23)11-12-25-17-10-6-4-8-15(17)20/h3-10H,2,11-13H2,1H3,(H,21,22). The molecule has 1 amide bonds. The van der Waals surface area contributed by atoms with Gasteiger partial charge in [0.05, 0.1) is 11.4 Å². The van der Waals surface area contributed by atoms with E-state index in [9.17, 15) is 9.59 Å². The molecule has 0 aromatic heterocycles. The summed E-state index contributed by atoms with van der Waals surface area (Å²) in [4.78, 5) is 24.6. The molecule has 0 aliphatic rings. The summed E-state index contributed by atoms with van der Waals surface area (Å²) in [7, 11) is 0. The first-order valence-corrected chi connectivity index (χ1v) is 9.37. The summed E-state index contributed by atoms with van der Waals surface area (Å²) in [5, 5.41) is 3.43. The van der Waals surface area contributed by atoms with Crippen LogP contribution in [0.4, 0.5) is 5.69 Å². The van der Waals surface area contributed by atoms with Gasteiger partial charge in [0.25, 0.3) is 5.91 Å². The van der Waals surface area contributed by atoms with Crippen molar-refractivity contribution in [2.75, 3.05) is 17.7 Å². The maximum absolute atomic E-state index is 11.9. The second-order valence-corrected chi connectivity index (χ2v) is 6.79. The minimum Gasteiger partial charge on any atom is -0.456 e. The Balaban J connectivity index is 1.71. The Morgan fingerprint density at radius 2 is 1.84 bits per heavy atom. The molecular formula is C19H20ClNO3S. The lowest BCUT2D eigenvalue weighted by Gasteiger charge is -2.10. The first kappa shape index (κ1) is 19.3. The van der Waals surface area contributed by atoms with E-state index in [2.05, 4.69) is 5.32 Å². The fraction of sp³-hybridized carbons (Fsp3) is 0.263. The highest BCUT2D eigenvalue weighted by Gasteiger charge is 2.10. The summed E-state index contributed by atoms with van der Waals surface area (Å²) in [6.07, 6.45) is 1.03. The molecule has 0 saturated heterocycles. The predicted octanol–water partition coefficient (Wildman–Crippen LogP) is 4.57. The number of anilines is 1. The lowest BCUT2D eigenvalue weighted by atomic mass is 10.1. The SMILES string of the molecule is CCc1ccccc1NC(=O)COC(=O)CCSc1ccccc1Cl. The molecule has 0 bridgehead atoms. The topological polar surface area (TPSA) is 55.4 Å². The van der Waals surface area contributed by atoms with Crippen molar-refractivity contribution in [3.8, 4) is 0 Å². The molecule has 0 fully saturated rings. The maximum Gasteiger partial charge on any atom is 0.307 e. The Bertz CT molecular complexity index is 736. The van der Waals surface area contributed by atoms with Crippen LogP contribution in [0.15, 0.2) is 53.4 Å². The number of rotatable bonds is 8. The van der Waals surface area contributed by atoms with Crippen LogP contribution in [-0.4, -0.2) is 24.2 Å². The van der Waals surface area contributed by atoms with Crippen LogP contribution >= 0.6 is 23.4 Å². The quantitative estimate of drug-likeness (QED) is 0.541. The number of amides is 1. The number of para-hydroxylation sites is 1. The smallest absolute Gasteiger partial charge is 0.307 e. The van der Waals surface area contributed by atoms with E-state index in [1.54, 1.807) is 6.07 Å². The molecule has 0 aliphatic carbocycles. The number of carbonyl (C=O) groups excluding carboxylic acids is 2. The molecule has 6 heteroatoms. The molecule has 0 heterocycles. The van der Waals surface area contributed by atoms with Crippen molar-refractivity contribution in [2.45, 2.75) is 24.7 Å². The van der Waals surface area contributed by atoms with Gasteiger partial charge in [0, 0.05) is 16.3 Å². The molecule has 0 radical (unpaired) electrons. The van der Waals surface area contributed by atoms with Gasteiger partial charge in [-0.15, -0.1) is 11.8 Å². The zero-order valence-electron chi connectivity index (χ0n) is 14.0. The molecular weight excluding hydrogens is 358 g/mol. The Morgan fingerprint density at radius 3 is 2.60 bits per heavy atom. The van der Waals surface area contributed by atoms with Crippen LogP contribution in [0.2, 0.25) is 5.02 Å². The highest BCUT2D eigenvalue weighted by atomic mass is 35.5. The van der Waals surface area contributed by atoms with Gasteiger partial charge in [-0.25, -0.2) is 0 Å². The van der Waals surface area contributed by atoms with Gasteiger partial charge < -0.3 is 10.1 Å². The Labute approximate surface area is 156 Å². The lowest BCUT2D eigenvalue weighted by Crippen LogP contribution is -2.21. The van der Waals surface area contributed by atoms with E-state index in [1.807, 2.05) is 49.4 Å². The third-order valence-corrected chi connectivity index (χ3v) is 4.95. The van der Waals surface area contributed by atoms with E-state index < -0.39 is 5.97 Å². The predicted molar refractivity (Wildman–Crippen MR) is 102 cm³/mol.